The number of likely N-dealkylation sites (N-methyl/N-ethyl adjacent to an activating group) is 5. The van der Waals surface area contributed by atoms with Gasteiger partial charge in [-0.15, -0.1) is 0 Å². The number of nitrogens with two attached hydrogens (primary N) is 1. The van der Waals surface area contributed by atoms with E-state index in [0.717, 1.165) is 0 Å². The minimum absolute atomic E-state index is 0.0846. The molecule has 7 N–H and O–H groups in total. The van der Waals surface area contributed by atoms with Crippen LogP contribution in [0.3, 0.4) is 0 Å². The van der Waals surface area contributed by atoms with E-state index in [4.69, 9.17) is 5.73 Å². The zero-order valence-electron chi connectivity index (χ0n) is 40.4. The number of thioether (sulfide) groups is 1. The van der Waals surface area contributed by atoms with Crippen LogP contribution in [-0.2, 0) is 38.4 Å². The Morgan fingerprint density at radius 2 is 1.10 bits per heavy atom. The lowest BCUT2D eigenvalue weighted by molar-refractivity contribution is -0.149. The molecular weight excluding hydrogens is 819 g/mol. The van der Waals surface area contributed by atoms with Crippen molar-refractivity contribution in [3.63, 3.8) is 0 Å². The number of rotatable bonds is 27. The fourth-order valence-electron chi connectivity index (χ4n) is 6.77. The summed E-state index contributed by atoms with van der Waals surface area (Å²) in [6.45, 7) is 19.2. The number of amides is 8. The maximum Gasteiger partial charge on any atom is 0.246 e. The highest BCUT2D eigenvalue weighted by atomic mass is 32.2. The maximum absolute atomic E-state index is 14.3. The first-order valence-corrected chi connectivity index (χ1v) is 22.9. The van der Waals surface area contributed by atoms with Crippen LogP contribution in [0.2, 0.25) is 0 Å². The van der Waals surface area contributed by atoms with Gasteiger partial charge in [0.05, 0.1) is 5.60 Å². The van der Waals surface area contributed by atoms with Crippen LogP contribution >= 0.6 is 11.8 Å². The first-order chi connectivity index (χ1) is 28.6. The molecule has 0 aromatic rings. The average molecular weight is 900 g/mol. The lowest BCUT2D eigenvalue weighted by Gasteiger charge is -2.38. The third-order valence-electron chi connectivity index (χ3n) is 10.5. The van der Waals surface area contributed by atoms with Gasteiger partial charge in [0.25, 0.3) is 0 Å². The molecule has 0 aliphatic rings. The highest BCUT2D eigenvalue weighted by Crippen LogP contribution is 2.21. The predicted octanol–water partition coefficient (Wildman–Crippen LogP) is 0.936. The highest BCUT2D eigenvalue weighted by Gasteiger charge is 2.41. The Kier molecular flexibility index (Phi) is 25.5. The summed E-state index contributed by atoms with van der Waals surface area (Å²) in [5.74, 6) is -3.88. The number of nitrogens with one attached hydrogen (secondary N) is 4. The Morgan fingerprint density at radius 3 is 1.55 bits per heavy atom. The molecule has 0 aromatic carbocycles. The van der Waals surface area contributed by atoms with Crippen molar-refractivity contribution in [2.45, 2.75) is 156 Å². The molecule has 62 heavy (non-hydrogen) atoms. The van der Waals surface area contributed by atoms with Crippen LogP contribution in [0.1, 0.15) is 108 Å². The molecule has 0 fully saturated rings. The second-order valence-electron chi connectivity index (χ2n) is 18.1. The number of nitrogens with zero attached hydrogens (tertiary/aromatic N) is 4. The third kappa shape index (κ3) is 18.8. The van der Waals surface area contributed by atoms with Gasteiger partial charge in [0.15, 0.2) is 0 Å². The molecular formula is C43H81N9O9S. The maximum atomic E-state index is 14.3. The summed E-state index contributed by atoms with van der Waals surface area (Å²) in [6.07, 6.45) is 1.22. The van der Waals surface area contributed by atoms with Crippen molar-refractivity contribution in [3.05, 3.63) is 0 Å². The van der Waals surface area contributed by atoms with Crippen LogP contribution in [0.5, 0.6) is 0 Å². The standard InChI is InChI=1S/C43H81N9O9S/c1-17-18-34(53)49(13)33(24-62-20-19-44)41(59)52(16)32(23-43(10,11)61)39(57)48-35(27(6)7)42(60)51(15)31(22-26(4)5)38(56)46-28(8)36(54)47-29(9)40(58)50(14)30(21-25(2)3)37(55)45-12/h25-33,35,61H,17-24,44H2,1-16H3,(H,45,55)(H,46,56)(H,47,54)(H,48,57)/t28-,29+,30+,31+,32+,33-,35+/m1/s1. The molecule has 0 saturated carbocycles. The number of carbonyl (C=O) groups excluding carboxylic acids is 8. The fourth-order valence-corrected chi connectivity index (χ4v) is 7.69. The summed E-state index contributed by atoms with van der Waals surface area (Å²) in [4.78, 5) is 114. The summed E-state index contributed by atoms with van der Waals surface area (Å²) in [5, 5.41) is 21.6. The van der Waals surface area contributed by atoms with Crippen molar-refractivity contribution in [1.82, 2.24) is 40.9 Å². The molecule has 0 spiro atoms. The largest absolute Gasteiger partial charge is 0.390 e. The number of hydrogen-bond acceptors (Lipinski definition) is 11. The van der Waals surface area contributed by atoms with Gasteiger partial charge in [-0.3, -0.25) is 38.4 Å². The van der Waals surface area contributed by atoms with Crippen molar-refractivity contribution in [1.29, 1.82) is 0 Å². The van der Waals surface area contributed by atoms with Crippen LogP contribution in [0, 0.1) is 17.8 Å². The normalized spacial score (nSPS) is 15.0. The summed E-state index contributed by atoms with van der Waals surface area (Å²) in [5.41, 5.74) is 4.27. The summed E-state index contributed by atoms with van der Waals surface area (Å²) >= 11 is 1.40. The van der Waals surface area contributed by atoms with E-state index in [0.29, 0.717) is 25.1 Å². The first kappa shape index (κ1) is 58.0. The lowest BCUT2D eigenvalue weighted by atomic mass is 9.95. The monoisotopic (exact) mass is 900 g/mol. The van der Waals surface area contributed by atoms with Crippen LogP contribution in [0.25, 0.3) is 0 Å². The summed E-state index contributed by atoms with van der Waals surface area (Å²) in [7, 11) is 7.40. The van der Waals surface area contributed by atoms with Gasteiger partial charge >= 0.3 is 0 Å². The van der Waals surface area contributed by atoms with Crippen molar-refractivity contribution in [3.8, 4) is 0 Å². The van der Waals surface area contributed by atoms with E-state index in [1.54, 1.807) is 20.9 Å². The Balaban J connectivity index is 6.44. The predicted molar refractivity (Wildman–Crippen MR) is 243 cm³/mol. The second kappa shape index (κ2) is 27.3. The van der Waals surface area contributed by atoms with Gasteiger partial charge in [-0.05, 0) is 64.7 Å². The van der Waals surface area contributed by atoms with E-state index in [9.17, 15) is 43.5 Å². The Morgan fingerprint density at radius 1 is 0.629 bits per heavy atom. The molecule has 0 unspecified atom stereocenters. The van der Waals surface area contributed by atoms with Gasteiger partial charge in [-0.1, -0.05) is 48.5 Å². The molecule has 0 aliphatic heterocycles. The molecule has 18 nitrogen and oxygen atoms in total. The van der Waals surface area contributed by atoms with E-state index in [1.165, 1.54) is 87.2 Å². The summed E-state index contributed by atoms with van der Waals surface area (Å²) in [6, 6.07) is -7.35. The Labute approximate surface area is 375 Å². The highest BCUT2D eigenvalue weighted by molar-refractivity contribution is 7.99. The van der Waals surface area contributed by atoms with Crippen molar-refractivity contribution < 1.29 is 43.5 Å². The van der Waals surface area contributed by atoms with E-state index in [2.05, 4.69) is 21.3 Å². The Bertz CT molecular complexity index is 1510. The smallest absolute Gasteiger partial charge is 0.246 e. The van der Waals surface area contributed by atoms with Gasteiger partial charge in [0.2, 0.25) is 47.3 Å². The van der Waals surface area contributed by atoms with Crippen LogP contribution in [0.4, 0.5) is 0 Å². The van der Waals surface area contributed by atoms with Crippen molar-refractivity contribution in [2.75, 3.05) is 53.3 Å². The molecule has 358 valence electrons. The Hall–Kier alpha value is -3.97. The van der Waals surface area contributed by atoms with Gasteiger partial charge in [0, 0.05) is 66.1 Å². The van der Waals surface area contributed by atoms with Crippen molar-refractivity contribution in [2.24, 2.45) is 23.5 Å². The van der Waals surface area contributed by atoms with Crippen molar-refractivity contribution >= 4 is 59.0 Å². The molecule has 0 heterocycles. The zero-order chi connectivity index (χ0) is 48.4. The van der Waals surface area contributed by atoms with Gasteiger partial charge in [0.1, 0.15) is 42.3 Å². The molecule has 0 radical (unpaired) electrons. The quantitative estimate of drug-likeness (QED) is 0.0634. The second-order valence-corrected chi connectivity index (χ2v) is 19.3. The van der Waals surface area contributed by atoms with E-state index >= 15 is 0 Å². The fraction of sp³-hybridized carbons (Fsp3) is 0.814. The van der Waals surface area contributed by atoms with Gasteiger partial charge < -0.3 is 51.7 Å². The number of carbonyl (C=O) groups is 8. The van der Waals surface area contributed by atoms with Crippen LogP contribution in [0.15, 0.2) is 0 Å². The minimum atomic E-state index is -1.43. The molecule has 8 amide bonds. The third-order valence-corrected chi connectivity index (χ3v) is 11.6. The first-order valence-electron chi connectivity index (χ1n) is 21.8. The molecule has 0 saturated heterocycles. The molecule has 19 heteroatoms. The SMILES string of the molecule is CCCC(=O)N(C)[C@H](CSCCN)C(=O)N(C)[C@@H](CC(C)(C)O)C(=O)N[C@H](C(=O)N(C)[C@@H](CC(C)C)C(=O)N[C@H](C)C(=O)N[C@@H](C)C(=O)N(C)[C@@H](CC(C)C)C(=O)NC)C(C)C. The average Bonchev–Trinajstić information content (AvgIpc) is 3.18. The van der Waals surface area contributed by atoms with E-state index < -0.39 is 89.3 Å². The summed E-state index contributed by atoms with van der Waals surface area (Å²) < 4.78 is 0. The number of hydrogen-bond donors (Lipinski definition) is 6. The van der Waals surface area contributed by atoms with E-state index in [1.807, 2.05) is 34.6 Å². The molecule has 0 aliphatic carbocycles. The minimum Gasteiger partial charge on any atom is -0.390 e. The molecule has 0 aromatic heterocycles. The van der Waals surface area contributed by atoms with Gasteiger partial charge in [-0.2, -0.15) is 11.8 Å². The van der Waals surface area contributed by atoms with Crippen LogP contribution in [-0.4, -0.2) is 173 Å². The molecule has 0 rings (SSSR count). The van der Waals surface area contributed by atoms with Gasteiger partial charge in [-0.25, -0.2) is 0 Å². The molecule has 7 atom stereocenters. The van der Waals surface area contributed by atoms with Crippen LogP contribution < -0.4 is 27.0 Å². The lowest BCUT2D eigenvalue weighted by Crippen LogP contribution is -2.61. The molecule has 0 bridgehead atoms. The zero-order valence-corrected chi connectivity index (χ0v) is 41.2. The number of aliphatic hydroxyl groups is 1. The van der Waals surface area contributed by atoms with E-state index in [-0.39, 0.29) is 48.7 Å². The topological polar surface area (TPSA) is 244 Å².